The number of allylic oxidation sites excluding steroid dienone is 1. The monoisotopic (exact) mass is 231 g/mol. The molecule has 1 aliphatic rings. The number of carbonyl (C=O) groups excluding carboxylic acids is 1. The average molecular weight is 231 g/mol. The predicted molar refractivity (Wildman–Crippen MR) is 62.1 cm³/mol. The number of fused-ring (bicyclic) bond motifs is 1. The second-order valence-corrected chi connectivity index (χ2v) is 4.38. The fourth-order valence-electron chi connectivity index (χ4n) is 2.50. The fourth-order valence-corrected chi connectivity index (χ4v) is 2.50. The Morgan fingerprint density at radius 2 is 1.94 bits per heavy atom. The van der Waals surface area contributed by atoms with Gasteiger partial charge in [0.25, 0.3) is 0 Å². The van der Waals surface area contributed by atoms with Gasteiger partial charge in [0, 0.05) is 5.92 Å². The van der Waals surface area contributed by atoms with E-state index in [2.05, 4.69) is 0 Å². The van der Waals surface area contributed by atoms with E-state index in [1.54, 1.807) is 6.92 Å². The Kier molecular flexibility index (Phi) is 3.29. The largest absolute Gasteiger partial charge is 0.545 e. The Morgan fingerprint density at radius 3 is 2.47 bits per heavy atom. The maximum atomic E-state index is 11.0. The second kappa shape index (κ2) is 4.72. The van der Waals surface area contributed by atoms with E-state index >= 15 is 0 Å². The molecule has 0 saturated carbocycles. The van der Waals surface area contributed by atoms with Gasteiger partial charge in [-0.05, 0) is 36.5 Å². The quantitative estimate of drug-likeness (QED) is 0.752. The van der Waals surface area contributed by atoms with Crippen LogP contribution in [0, 0.1) is 5.92 Å². The average Bonchev–Trinajstić information content (AvgIpc) is 2.30. The first-order chi connectivity index (χ1) is 8.13. The lowest BCUT2D eigenvalue weighted by Crippen LogP contribution is -2.38. The molecule has 0 amide bonds. The van der Waals surface area contributed by atoms with Crippen LogP contribution in [0.5, 0.6) is 0 Å². The van der Waals surface area contributed by atoms with Crippen LogP contribution in [0.3, 0.4) is 0 Å². The van der Waals surface area contributed by atoms with Crippen molar-refractivity contribution in [3.63, 3.8) is 0 Å². The number of hydrogen-bond acceptors (Lipinski definition) is 3. The third kappa shape index (κ3) is 2.24. The molecule has 0 saturated heterocycles. The minimum absolute atomic E-state index is 0.201. The summed E-state index contributed by atoms with van der Waals surface area (Å²) >= 11 is 0. The summed E-state index contributed by atoms with van der Waals surface area (Å²) < 4.78 is 0. The number of carbonyl (C=O) groups is 1. The van der Waals surface area contributed by atoms with E-state index in [1.807, 2.05) is 24.3 Å². The van der Waals surface area contributed by atoms with Gasteiger partial charge in [-0.3, -0.25) is 0 Å². The molecule has 1 N–H and O–H groups in total. The molecule has 2 rings (SSSR count). The van der Waals surface area contributed by atoms with Crippen molar-refractivity contribution in [1.82, 2.24) is 0 Å². The van der Waals surface area contributed by atoms with E-state index in [1.165, 1.54) is 6.08 Å². The first-order valence-electron chi connectivity index (χ1n) is 5.76. The van der Waals surface area contributed by atoms with Gasteiger partial charge in [0.15, 0.2) is 0 Å². The van der Waals surface area contributed by atoms with Gasteiger partial charge in [-0.1, -0.05) is 30.3 Å². The van der Waals surface area contributed by atoms with Crippen LogP contribution >= 0.6 is 0 Å². The molecule has 0 aliphatic heterocycles. The van der Waals surface area contributed by atoms with Gasteiger partial charge in [0.1, 0.15) is 0 Å². The van der Waals surface area contributed by atoms with Gasteiger partial charge in [0.05, 0.1) is 12.1 Å². The molecule has 90 valence electrons. The summed E-state index contributed by atoms with van der Waals surface area (Å²) in [5.41, 5.74) is 2.42. The summed E-state index contributed by atoms with van der Waals surface area (Å²) in [7, 11) is 0. The second-order valence-electron chi connectivity index (χ2n) is 4.38. The summed E-state index contributed by atoms with van der Waals surface area (Å²) in [5, 5.41) is 21.0. The van der Waals surface area contributed by atoms with Crippen LogP contribution < -0.4 is 5.11 Å². The number of aliphatic hydroxyl groups is 1. The van der Waals surface area contributed by atoms with Crippen molar-refractivity contribution in [3.8, 4) is 0 Å². The van der Waals surface area contributed by atoms with E-state index in [-0.39, 0.29) is 11.5 Å². The SMILES string of the molecule is CC=C(C(=O)[O-])[C@H]1Cc2ccccc2C[C@H]1O. The van der Waals surface area contributed by atoms with Gasteiger partial charge >= 0.3 is 0 Å². The minimum Gasteiger partial charge on any atom is -0.545 e. The number of hydrogen-bond donors (Lipinski definition) is 1. The van der Waals surface area contributed by atoms with Gasteiger partial charge in [-0.2, -0.15) is 0 Å². The van der Waals surface area contributed by atoms with E-state index < -0.39 is 12.1 Å². The van der Waals surface area contributed by atoms with Gasteiger partial charge in [-0.25, -0.2) is 0 Å². The number of benzene rings is 1. The zero-order valence-corrected chi connectivity index (χ0v) is 9.72. The predicted octanol–water partition coefficient (Wildman–Crippen LogP) is 0.459. The van der Waals surface area contributed by atoms with Crippen molar-refractivity contribution < 1.29 is 15.0 Å². The van der Waals surface area contributed by atoms with Crippen molar-refractivity contribution in [2.75, 3.05) is 0 Å². The molecule has 2 atom stereocenters. The van der Waals surface area contributed by atoms with Crippen molar-refractivity contribution in [2.24, 2.45) is 5.92 Å². The van der Waals surface area contributed by atoms with E-state index in [0.29, 0.717) is 12.8 Å². The van der Waals surface area contributed by atoms with Crippen molar-refractivity contribution in [1.29, 1.82) is 0 Å². The molecule has 0 unspecified atom stereocenters. The van der Waals surface area contributed by atoms with E-state index in [9.17, 15) is 15.0 Å². The lowest BCUT2D eigenvalue weighted by atomic mass is 9.78. The number of aliphatic carboxylic acids is 1. The van der Waals surface area contributed by atoms with Crippen LogP contribution in [-0.2, 0) is 17.6 Å². The van der Waals surface area contributed by atoms with Crippen molar-refractivity contribution >= 4 is 5.97 Å². The minimum atomic E-state index is -1.18. The van der Waals surface area contributed by atoms with Gasteiger partial charge < -0.3 is 15.0 Å². The third-order valence-electron chi connectivity index (χ3n) is 3.40. The van der Waals surface area contributed by atoms with Crippen molar-refractivity contribution in [2.45, 2.75) is 25.9 Å². The standard InChI is InChI=1S/C14H16O3/c1-2-11(14(16)17)12-7-9-5-3-4-6-10(9)8-13(12)15/h2-6,12-13,15H,7-8H2,1H3,(H,16,17)/p-1/t12-,13-/m1/s1. The Balaban J connectivity index is 2.32. The third-order valence-corrected chi connectivity index (χ3v) is 3.40. The molecule has 3 heteroatoms. The fraction of sp³-hybridized carbons (Fsp3) is 0.357. The molecule has 0 fully saturated rings. The Hall–Kier alpha value is -1.61. The lowest BCUT2D eigenvalue weighted by Gasteiger charge is -2.31. The Morgan fingerprint density at radius 1 is 1.35 bits per heavy atom. The molecular formula is C14H15O3-. The number of rotatable bonds is 2. The van der Waals surface area contributed by atoms with Crippen LogP contribution in [0.25, 0.3) is 0 Å². The highest BCUT2D eigenvalue weighted by Gasteiger charge is 2.29. The maximum Gasteiger partial charge on any atom is 0.0675 e. The molecule has 0 heterocycles. The topological polar surface area (TPSA) is 60.4 Å². The van der Waals surface area contributed by atoms with Crippen LogP contribution in [-0.4, -0.2) is 17.2 Å². The molecule has 1 aliphatic carbocycles. The van der Waals surface area contributed by atoms with Crippen LogP contribution in [0.1, 0.15) is 18.1 Å². The molecule has 3 nitrogen and oxygen atoms in total. The van der Waals surface area contributed by atoms with E-state index in [0.717, 1.165) is 11.1 Å². The molecule has 0 radical (unpaired) electrons. The molecule has 0 aromatic heterocycles. The molecule has 0 spiro atoms. The highest BCUT2D eigenvalue weighted by Crippen LogP contribution is 2.30. The smallest absolute Gasteiger partial charge is 0.0675 e. The summed E-state index contributed by atoms with van der Waals surface area (Å²) in [6.07, 6.45) is 1.95. The van der Waals surface area contributed by atoms with Crippen LogP contribution in [0.15, 0.2) is 35.9 Å². The number of carboxylic acids is 1. The molecular weight excluding hydrogens is 216 g/mol. The summed E-state index contributed by atoms with van der Waals surface area (Å²) in [6, 6.07) is 7.82. The van der Waals surface area contributed by atoms with Gasteiger partial charge in [0.2, 0.25) is 0 Å². The highest BCUT2D eigenvalue weighted by atomic mass is 16.4. The molecule has 1 aromatic carbocycles. The maximum absolute atomic E-state index is 11.0. The zero-order valence-electron chi connectivity index (χ0n) is 9.72. The highest BCUT2D eigenvalue weighted by molar-refractivity contribution is 5.85. The first kappa shape index (κ1) is 11.9. The zero-order chi connectivity index (χ0) is 12.4. The van der Waals surface area contributed by atoms with Crippen molar-refractivity contribution in [3.05, 3.63) is 47.0 Å². The normalized spacial score (nSPS) is 24.2. The van der Waals surface area contributed by atoms with Gasteiger partial charge in [-0.15, -0.1) is 0 Å². The number of aliphatic hydroxyl groups excluding tert-OH is 1. The van der Waals surface area contributed by atoms with E-state index in [4.69, 9.17) is 0 Å². The van der Waals surface area contributed by atoms with Crippen LogP contribution in [0.2, 0.25) is 0 Å². The van der Waals surface area contributed by atoms with Crippen LogP contribution in [0.4, 0.5) is 0 Å². The Bertz CT molecular complexity index is 462. The molecule has 17 heavy (non-hydrogen) atoms. The molecule has 1 aromatic rings. The molecule has 0 bridgehead atoms. The summed E-state index contributed by atoms with van der Waals surface area (Å²) in [6.45, 7) is 1.67. The first-order valence-corrected chi connectivity index (χ1v) is 5.76. The number of carboxylic acid groups (broad SMARTS) is 1. The summed E-state index contributed by atoms with van der Waals surface area (Å²) in [5.74, 6) is -1.55. The summed E-state index contributed by atoms with van der Waals surface area (Å²) in [4.78, 5) is 11.0. The Labute approximate surface area is 100 Å². The lowest BCUT2D eigenvalue weighted by molar-refractivity contribution is -0.300.